The first-order valence-electron chi connectivity index (χ1n) is 4.46. The van der Waals surface area contributed by atoms with Gasteiger partial charge >= 0.3 is 0 Å². The Morgan fingerprint density at radius 1 is 1.38 bits per heavy atom. The predicted octanol–water partition coefficient (Wildman–Crippen LogP) is 0.906. The molecule has 0 aromatic heterocycles. The first-order valence-corrected chi connectivity index (χ1v) is 4.46. The van der Waals surface area contributed by atoms with Gasteiger partial charge in [0, 0.05) is 30.5 Å². The van der Waals surface area contributed by atoms with Crippen LogP contribution in [0, 0.1) is 6.07 Å². The Morgan fingerprint density at radius 2 is 2.15 bits per heavy atom. The maximum atomic E-state index is 5.69. The maximum absolute atomic E-state index is 5.69. The molecule has 1 heterocycles. The summed E-state index contributed by atoms with van der Waals surface area (Å²) in [4.78, 5) is 2.24. The smallest absolute Gasteiger partial charge is 0.0642 e. The van der Waals surface area contributed by atoms with Crippen molar-refractivity contribution in [2.45, 2.75) is 0 Å². The Balaban J connectivity index is 2.14. The molecule has 1 aliphatic heterocycles. The van der Waals surface area contributed by atoms with Crippen molar-refractivity contribution < 1.29 is 4.74 Å². The molecule has 1 aromatic rings. The van der Waals surface area contributed by atoms with E-state index in [-0.39, 0.29) is 0 Å². The van der Waals surface area contributed by atoms with Gasteiger partial charge in [-0.05, 0) is 12.1 Å². The molecule has 3 nitrogen and oxygen atoms in total. The number of nitrogens with zero attached hydrogens (tertiary/aromatic N) is 1. The van der Waals surface area contributed by atoms with Crippen molar-refractivity contribution in [3.8, 4) is 0 Å². The summed E-state index contributed by atoms with van der Waals surface area (Å²) in [6.45, 7) is 3.45. The summed E-state index contributed by atoms with van der Waals surface area (Å²) in [6.07, 6.45) is 0. The van der Waals surface area contributed by atoms with Crippen LogP contribution >= 0.6 is 0 Å². The molecule has 0 unspecified atom stereocenters. The molecule has 1 aliphatic rings. The van der Waals surface area contributed by atoms with Crippen molar-refractivity contribution in [3.05, 3.63) is 24.3 Å². The van der Waals surface area contributed by atoms with E-state index in [9.17, 15) is 0 Å². The van der Waals surface area contributed by atoms with Gasteiger partial charge in [0.2, 0.25) is 0 Å². The summed E-state index contributed by atoms with van der Waals surface area (Å²) >= 11 is 0. The van der Waals surface area contributed by atoms with Gasteiger partial charge in [0.25, 0.3) is 0 Å². The van der Waals surface area contributed by atoms with E-state index < -0.39 is 0 Å². The van der Waals surface area contributed by atoms with E-state index in [1.807, 2.05) is 18.2 Å². The van der Waals surface area contributed by atoms with E-state index in [2.05, 4.69) is 11.0 Å². The van der Waals surface area contributed by atoms with Crippen LogP contribution in [0.5, 0.6) is 0 Å². The SMILES string of the molecule is Nc1cc[c]c(N2CCOCC2)c1. The second-order valence-electron chi connectivity index (χ2n) is 3.11. The Hall–Kier alpha value is -1.22. The highest BCUT2D eigenvalue weighted by Gasteiger charge is 2.10. The van der Waals surface area contributed by atoms with Crippen LogP contribution in [-0.4, -0.2) is 26.3 Å². The minimum atomic E-state index is 0.792. The lowest BCUT2D eigenvalue weighted by Gasteiger charge is -2.28. The number of ether oxygens (including phenoxy) is 1. The molecule has 0 spiro atoms. The lowest BCUT2D eigenvalue weighted by Crippen LogP contribution is -2.36. The van der Waals surface area contributed by atoms with E-state index in [0.29, 0.717) is 0 Å². The third kappa shape index (κ3) is 1.92. The molecular formula is C10H13N2O. The third-order valence-electron chi connectivity index (χ3n) is 2.16. The first-order chi connectivity index (χ1) is 6.36. The zero-order valence-corrected chi connectivity index (χ0v) is 7.49. The van der Waals surface area contributed by atoms with Gasteiger partial charge in [-0.2, -0.15) is 0 Å². The van der Waals surface area contributed by atoms with E-state index in [0.717, 1.165) is 37.7 Å². The third-order valence-corrected chi connectivity index (χ3v) is 2.16. The molecule has 2 N–H and O–H groups in total. The van der Waals surface area contributed by atoms with Gasteiger partial charge in [0.05, 0.1) is 13.2 Å². The highest BCUT2D eigenvalue weighted by molar-refractivity contribution is 5.55. The van der Waals surface area contributed by atoms with Gasteiger partial charge in [-0.15, -0.1) is 0 Å². The zero-order chi connectivity index (χ0) is 9.10. The maximum Gasteiger partial charge on any atom is 0.0642 e. The lowest BCUT2D eigenvalue weighted by atomic mass is 10.2. The highest BCUT2D eigenvalue weighted by atomic mass is 16.5. The average Bonchev–Trinajstić information content (AvgIpc) is 2.19. The number of hydrogen-bond donors (Lipinski definition) is 1. The molecule has 0 saturated carbocycles. The van der Waals surface area contributed by atoms with Gasteiger partial charge in [0.1, 0.15) is 0 Å². The molecule has 1 aromatic carbocycles. The van der Waals surface area contributed by atoms with Gasteiger partial charge in [-0.25, -0.2) is 0 Å². The fourth-order valence-corrected chi connectivity index (χ4v) is 1.46. The molecule has 69 valence electrons. The lowest BCUT2D eigenvalue weighted by molar-refractivity contribution is 0.122. The summed E-state index contributed by atoms with van der Waals surface area (Å²) in [6, 6.07) is 8.83. The quantitative estimate of drug-likeness (QED) is 0.648. The Labute approximate surface area is 78.1 Å². The standard InChI is InChI=1S/C10H13N2O/c11-9-2-1-3-10(8-9)12-4-6-13-7-5-12/h1-2,8H,4-7,11H2. The second kappa shape index (κ2) is 3.66. The summed E-state index contributed by atoms with van der Waals surface area (Å²) < 4.78 is 5.26. The summed E-state index contributed by atoms with van der Waals surface area (Å²) in [5, 5.41) is 0. The molecule has 1 fully saturated rings. The van der Waals surface area contributed by atoms with Gasteiger partial charge in [0.15, 0.2) is 0 Å². The van der Waals surface area contributed by atoms with Crippen molar-refractivity contribution in [2.24, 2.45) is 0 Å². The van der Waals surface area contributed by atoms with E-state index in [1.165, 1.54) is 0 Å². The zero-order valence-electron chi connectivity index (χ0n) is 7.49. The molecule has 1 saturated heterocycles. The normalized spacial score (nSPS) is 17.4. The predicted molar refractivity (Wildman–Crippen MR) is 52.7 cm³/mol. The van der Waals surface area contributed by atoms with Crippen molar-refractivity contribution in [1.82, 2.24) is 0 Å². The largest absolute Gasteiger partial charge is 0.399 e. The number of hydrogen-bond acceptors (Lipinski definition) is 3. The van der Waals surface area contributed by atoms with Crippen molar-refractivity contribution >= 4 is 11.4 Å². The summed E-state index contributed by atoms with van der Waals surface area (Å²) in [7, 11) is 0. The molecule has 0 aliphatic carbocycles. The van der Waals surface area contributed by atoms with Crippen LogP contribution in [0.2, 0.25) is 0 Å². The Bertz CT molecular complexity index is 282. The molecule has 13 heavy (non-hydrogen) atoms. The van der Waals surface area contributed by atoms with Crippen LogP contribution in [0.4, 0.5) is 11.4 Å². The van der Waals surface area contributed by atoms with Crippen LogP contribution in [0.3, 0.4) is 0 Å². The van der Waals surface area contributed by atoms with Crippen LogP contribution in [-0.2, 0) is 4.74 Å². The minimum absolute atomic E-state index is 0.792. The van der Waals surface area contributed by atoms with Gasteiger partial charge in [-0.3, -0.25) is 0 Å². The number of benzene rings is 1. The number of rotatable bonds is 1. The average molecular weight is 177 g/mol. The monoisotopic (exact) mass is 177 g/mol. The first kappa shape index (κ1) is 8.38. The fraction of sp³-hybridized carbons (Fsp3) is 0.400. The van der Waals surface area contributed by atoms with E-state index in [1.54, 1.807) is 0 Å². The molecule has 2 rings (SSSR count). The molecule has 0 bridgehead atoms. The van der Waals surface area contributed by atoms with Gasteiger partial charge in [-0.1, -0.05) is 6.07 Å². The Kier molecular flexibility index (Phi) is 2.36. The van der Waals surface area contributed by atoms with Crippen molar-refractivity contribution in [2.75, 3.05) is 36.9 Å². The van der Waals surface area contributed by atoms with Crippen molar-refractivity contribution in [1.29, 1.82) is 0 Å². The fourth-order valence-electron chi connectivity index (χ4n) is 1.46. The van der Waals surface area contributed by atoms with E-state index in [4.69, 9.17) is 10.5 Å². The molecule has 3 heteroatoms. The summed E-state index contributed by atoms with van der Waals surface area (Å²) in [5.74, 6) is 0. The molecular weight excluding hydrogens is 164 g/mol. The second-order valence-corrected chi connectivity index (χ2v) is 3.11. The van der Waals surface area contributed by atoms with Crippen molar-refractivity contribution in [3.63, 3.8) is 0 Å². The molecule has 1 radical (unpaired) electrons. The Morgan fingerprint density at radius 3 is 2.85 bits per heavy atom. The summed E-state index contributed by atoms with van der Waals surface area (Å²) in [5.41, 5.74) is 7.55. The number of nitrogen functional groups attached to an aromatic ring is 1. The molecule has 0 amide bonds. The minimum Gasteiger partial charge on any atom is -0.399 e. The highest BCUT2D eigenvalue weighted by Crippen LogP contribution is 2.17. The number of morpholine rings is 1. The van der Waals surface area contributed by atoms with E-state index >= 15 is 0 Å². The van der Waals surface area contributed by atoms with Gasteiger partial charge < -0.3 is 15.4 Å². The van der Waals surface area contributed by atoms with Crippen LogP contribution in [0.15, 0.2) is 18.2 Å². The molecule has 0 atom stereocenters. The van der Waals surface area contributed by atoms with Crippen LogP contribution < -0.4 is 10.6 Å². The number of nitrogens with two attached hydrogens (primary N) is 1. The number of anilines is 2. The topological polar surface area (TPSA) is 38.5 Å². The van der Waals surface area contributed by atoms with Crippen LogP contribution in [0.25, 0.3) is 0 Å². The van der Waals surface area contributed by atoms with Crippen LogP contribution in [0.1, 0.15) is 0 Å².